The van der Waals surface area contributed by atoms with Crippen molar-refractivity contribution in [3.8, 4) is 11.6 Å². The number of aromatic nitrogens is 7. The second kappa shape index (κ2) is 14.4. The van der Waals surface area contributed by atoms with Crippen molar-refractivity contribution in [1.82, 2.24) is 34.5 Å². The topological polar surface area (TPSA) is 303 Å². The minimum atomic E-state index is -1.39. The van der Waals surface area contributed by atoms with E-state index in [0.717, 1.165) is 33.8 Å². The predicted molar refractivity (Wildman–Crippen MR) is 187 cm³/mol. The van der Waals surface area contributed by atoms with Gasteiger partial charge in [0.1, 0.15) is 0 Å². The first-order valence-electron chi connectivity index (χ1n) is 15.1. The maximum absolute atomic E-state index is 11.7. The molecule has 3 aromatic carbocycles. The van der Waals surface area contributed by atoms with Crippen molar-refractivity contribution in [1.29, 1.82) is 0 Å². The number of hydrogen-bond acceptors (Lipinski definition) is 14. The SMILES string of the molecule is [C-]#[N+]c1cnn(-c2cc(C(=O)O)cc(C(=O)O)c2)c1/N=N/c1c(C)nn(-c2nc(Nc3ccc(C(=O)O)cc3)nc(Nc3ccc(C(=O)O)cc3)n2)c1N. The second-order valence-corrected chi connectivity index (χ2v) is 11.0. The predicted octanol–water partition coefficient (Wildman–Crippen LogP) is 5.38. The van der Waals surface area contributed by atoms with Gasteiger partial charge in [0, 0.05) is 11.4 Å². The molecule has 8 N–H and O–H groups in total. The Bertz CT molecular complexity index is 2440. The van der Waals surface area contributed by atoms with Gasteiger partial charge in [0.05, 0.1) is 46.4 Å². The van der Waals surface area contributed by atoms with E-state index in [4.69, 9.17) is 12.3 Å². The van der Waals surface area contributed by atoms with Crippen molar-refractivity contribution in [3.63, 3.8) is 0 Å². The van der Waals surface area contributed by atoms with Crippen molar-refractivity contribution in [2.45, 2.75) is 6.92 Å². The van der Waals surface area contributed by atoms with Gasteiger partial charge in [-0.1, -0.05) is 0 Å². The molecule has 6 aromatic rings. The Balaban J connectivity index is 1.39. The molecule has 21 heteroatoms. The molecule has 0 unspecified atom stereocenters. The smallest absolute Gasteiger partial charge is 0.335 e. The summed E-state index contributed by atoms with van der Waals surface area (Å²) in [7, 11) is 0. The van der Waals surface area contributed by atoms with Crippen LogP contribution in [0.3, 0.4) is 0 Å². The Morgan fingerprint density at radius 2 is 1.22 bits per heavy atom. The molecule has 3 aromatic heterocycles. The second-order valence-electron chi connectivity index (χ2n) is 11.0. The van der Waals surface area contributed by atoms with Crippen LogP contribution in [0.1, 0.15) is 47.1 Å². The van der Waals surface area contributed by atoms with Crippen molar-refractivity contribution in [2.24, 2.45) is 10.2 Å². The highest BCUT2D eigenvalue weighted by molar-refractivity contribution is 5.95. The first kappa shape index (κ1) is 35.3. The lowest BCUT2D eigenvalue weighted by Gasteiger charge is -2.11. The summed E-state index contributed by atoms with van der Waals surface area (Å²) in [5, 5.41) is 60.4. The number of nitrogen functional groups attached to an aromatic ring is 1. The Kier molecular flexibility index (Phi) is 9.39. The third-order valence-electron chi connectivity index (χ3n) is 7.40. The fourth-order valence-corrected chi connectivity index (χ4v) is 4.81. The number of anilines is 5. The van der Waals surface area contributed by atoms with Crippen LogP contribution in [0.25, 0.3) is 16.5 Å². The lowest BCUT2D eigenvalue weighted by atomic mass is 10.1. The third-order valence-corrected chi connectivity index (χ3v) is 7.40. The van der Waals surface area contributed by atoms with E-state index in [2.05, 4.69) is 50.9 Å². The molecule has 0 saturated carbocycles. The Morgan fingerprint density at radius 1 is 0.722 bits per heavy atom. The molecule has 0 amide bonds. The Labute approximate surface area is 301 Å². The summed E-state index contributed by atoms with van der Waals surface area (Å²) in [5.74, 6) is -5.48. The highest BCUT2D eigenvalue weighted by Gasteiger charge is 2.21. The Morgan fingerprint density at radius 3 is 1.69 bits per heavy atom. The number of carboxylic acid groups (broad SMARTS) is 4. The number of nitrogens with two attached hydrogens (primary N) is 1. The quantitative estimate of drug-likeness (QED) is 0.0614. The molecular weight excluding hydrogens is 706 g/mol. The number of carboxylic acids is 4. The molecule has 0 aliphatic heterocycles. The molecule has 0 atom stereocenters. The van der Waals surface area contributed by atoms with Gasteiger partial charge in [-0.25, -0.2) is 28.7 Å². The van der Waals surface area contributed by atoms with Gasteiger partial charge in [-0.2, -0.15) is 29.8 Å². The molecule has 0 aliphatic carbocycles. The molecule has 268 valence electrons. The summed E-state index contributed by atoms with van der Waals surface area (Å²) in [6, 6.07) is 14.8. The van der Waals surface area contributed by atoms with Crippen LogP contribution in [-0.4, -0.2) is 78.8 Å². The molecule has 0 saturated heterocycles. The molecular formula is C33H23N13O8. The molecule has 0 radical (unpaired) electrons. The number of nitrogens with zero attached hydrogens (tertiary/aromatic N) is 10. The number of aryl methyl sites for hydroxylation is 1. The summed E-state index contributed by atoms with van der Waals surface area (Å²) >= 11 is 0. The number of nitrogens with one attached hydrogen (secondary N) is 2. The summed E-state index contributed by atoms with van der Waals surface area (Å²) in [6.07, 6.45) is 1.15. The van der Waals surface area contributed by atoms with E-state index in [0.29, 0.717) is 11.4 Å². The molecule has 0 fully saturated rings. The molecule has 6 rings (SSSR count). The van der Waals surface area contributed by atoms with Crippen LogP contribution in [0.4, 0.5) is 46.3 Å². The van der Waals surface area contributed by atoms with Crippen molar-refractivity contribution in [2.75, 3.05) is 16.4 Å². The summed E-state index contributed by atoms with van der Waals surface area (Å²) < 4.78 is 2.19. The normalized spacial score (nSPS) is 10.9. The maximum atomic E-state index is 11.7. The van der Waals surface area contributed by atoms with Crippen LogP contribution in [0, 0.1) is 13.5 Å². The zero-order chi connectivity index (χ0) is 38.7. The fraction of sp³-hybridized carbons (Fsp3) is 0.0303. The van der Waals surface area contributed by atoms with Gasteiger partial charge in [0.25, 0.3) is 11.6 Å². The molecule has 3 heterocycles. The number of rotatable bonds is 12. The van der Waals surface area contributed by atoms with Crippen LogP contribution >= 0.6 is 0 Å². The zero-order valence-corrected chi connectivity index (χ0v) is 27.4. The molecule has 0 spiro atoms. The van der Waals surface area contributed by atoms with Gasteiger partial charge in [-0.05, 0) is 73.7 Å². The highest BCUT2D eigenvalue weighted by Crippen LogP contribution is 2.35. The minimum absolute atomic E-state index is 0.0159. The van der Waals surface area contributed by atoms with Crippen LogP contribution < -0.4 is 16.4 Å². The van der Waals surface area contributed by atoms with Crippen molar-refractivity contribution in [3.05, 3.63) is 112 Å². The lowest BCUT2D eigenvalue weighted by Crippen LogP contribution is -2.12. The van der Waals surface area contributed by atoms with E-state index in [1.165, 1.54) is 48.5 Å². The first-order valence-corrected chi connectivity index (χ1v) is 15.1. The highest BCUT2D eigenvalue weighted by atomic mass is 16.4. The number of hydrogen-bond donors (Lipinski definition) is 7. The van der Waals surface area contributed by atoms with Crippen LogP contribution in [0.15, 0.2) is 83.2 Å². The van der Waals surface area contributed by atoms with E-state index in [9.17, 15) is 39.6 Å². The van der Waals surface area contributed by atoms with Crippen LogP contribution in [0.2, 0.25) is 0 Å². The number of azo groups is 1. The molecule has 0 bridgehead atoms. The average Bonchev–Trinajstić information content (AvgIpc) is 3.69. The van der Waals surface area contributed by atoms with E-state index >= 15 is 0 Å². The Hall–Kier alpha value is -8.54. The molecule has 21 nitrogen and oxygen atoms in total. The van der Waals surface area contributed by atoms with Crippen molar-refractivity contribution < 1.29 is 39.6 Å². The molecule has 54 heavy (non-hydrogen) atoms. The van der Waals surface area contributed by atoms with Crippen LogP contribution in [0.5, 0.6) is 0 Å². The van der Waals surface area contributed by atoms with Gasteiger partial charge in [0.2, 0.25) is 11.9 Å². The van der Waals surface area contributed by atoms with Crippen LogP contribution in [-0.2, 0) is 0 Å². The van der Waals surface area contributed by atoms with Crippen molar-refractivity contribution >= 4 is 70.2 Å². The third kappa shape index (κ3) is 7.32. The fourth-order valence-electron chi connectivity index (χ4n) is 4.81. The van der Waals surface area contributed by atoms with E-state index in [1.807, 2.05) is 0 Å². The summed E-state index contributed by atoms with van der Waals surface area (Å²) in [6.45, 7) is 9.13. The lowest BCUT2D eigenvalue weighted by molar-refractivity contribution is 0.0680. The van der Waals surface area contributed by atoms with Gasteiger partial charge < -0.3 is 36.8 Å². The van der Waals surface area contributed by atoms with Gasteiger partial charge in [-0.15, -0.1) is 10.2 Å². The number of aromatic carboxylic acids is 4. The summed E-state index contributed by atoms with van der Waals surface area (Å²) in [4.78, 5) is 62.6. The maximum Gasteiger partial charge on any atom is 0.335 e. The van der Waals surface area contributed by atoms with Gasteiger partial charge in [-0.3, -0.25) is 0 Å². The van der Waals surface area contributed by atoms with Gasteiger partial charge in [0.15, 0.2) is 17.3 Å². The zero-order valence-electron chi connectivity index (χ0n) is 27.4. The monoisotopic (exact) mass is 729 g/mol. The van der Waals surface area contributed by atoms with E-state index < -0.39 is 23.9 Å². The molecule has 0 aliphatic rings. The number of carbonyl (C=O) groups is 4. The first-order chi connectivity index (χ1) is 25.8. The number of benzene rings is 3. The summed E-state index contributed by atoms with van der Waals surface area (Å²) in [5.41, 5.74) is 6.86. The minimum Gasteiger partial charge on any atom is -0.478 e. The standard InChI is InChI=1S/C33H23N13O8/c1-15-24(42-43-26-23(35-2)14-36-45(26)22-12-18(29(51)52)11-19(13-22)30(53)54)25(34)46(44-15)33-40-31(37-20-7-3-16(4-8-20)27(47)48)39-32(41-33)38-21-9-5-17(6-10-21)28(49)50/h3-14H,34H2,1H3,(H,47,48)(H,49,50)(H,51,52)(H,53,54)(H2,37,38,39,40,41)/b43-42+. The van der Waals surface area contributed by atoms with E-state index in [-0.39, 0.29) is 74.5 Å². The average molecular weight is 730 g/mol. The van der Waals surface area contributed by atoms with E-state index in [1.54, 1.807) is 6.92 Å². The van der Waals surface area contributed by atoms with Gasteiger partial charge >= 0.3 is 23.9 Å². The largest absolute Gasteiger partial charge is 0.478 e.